The summed E-state index contributed by atoms with van der Waals surface area (Å²) in [6.07, 6.45) is 0. The van der Waals surface area contributed by atoms with Crippen molar-refractivity contribution in [1.82, 2.24) is 19.9 Å². The molecule has 0 atom stereocenters. The van der Waals surface area contributed by atoms with Crippen molar-refractivity contribution in [3.63, 3.8) is 0 Å². The highest BCUT2D eigenvalue weighted by Crippen LogP contribution is 2.27. The number of fused-ring (bicyclic) bond motifs is 2. The van der Waals surface area contributed by atoms with Gasteiger partial charge in [0.1, 0.15) is 17.4 Å². The van der Waals surface area contributed by atoms with Crippen LogP contribution < -0.4 is 0 Å². The molecule has 0 amide bonds. The summed E-state index contributed by atoms with van der Waals surface area (Å²) in [6.45, 7) is 2.07. The zero-order valence-corrected chi connectivity index (χ0v) is 14.1. The molecule has 26 heavy (non-hydrogen) atoms. The lowest BCUT2D eigenvalue weighted by Gasteiger charge is -1.96. The third kappa shape index (κ3) is 2.41. The lowest BCUT2D eigenvalue weighted by atomic mass is 10.2. The molecular formula is C21H16N4O. The second kappa shape index (κ2) is 5.46. The van der Waals surface area contributed by atoms with E-state index in [0.717, 1.165) is 44.8 Å². The van der Waals surface area contributed by atoms with E-state index in [9.17, 15) is 5.11 Å². The van der Waals surface area contributed by atoms with Crippen molar-refractivity contribution < 1.29 is 5.11 Å². The highest BCUT2D eigenvalue weighted by Gasteiger charge is 2.10. The van der Waals surface area contributed by atoms with Crippen LogP contribution in [-0.2, 0) is 0 Å². The van der Waals surface area contributed by atoms with E-state index in [1.165, 1.54) is 5.56 Å². The van der Waals surface area contributed by atoms with Crippen LogP contribution >= 0.6 is 0 Å². The van der Waals surface area contributed by atoms with E-state index < -0.39 is 0 Å². The largest absolute Gasteiger partial charge is 0.508 e. The number of rotatable bonds is 2. The zero-order chi connectivity index (χ0) is 17.7. The topological polar surface area (TPSA) is 77.6 Å². The number of hydrogen-bond donors (Lipinski definition) is 3. The van der Waals surface area contributed by atoms with Gasteiger partial charge in [0, 0.05) is 11.1 Å². The van der Waals surface area contributed by atoms with Gasteiger partial charge in [0.05, 0.1) is 22.1 Å². The molecule has 0 fully saturated rings. The number of H-pyrrole nitrogens is 2. The Balaban J connectivity index is 1.59. The molecule has 0 bridgehead atoms. The van der Waals surface area contributed by atoms with Gasteiger partial charge in [0.15, 0.2) is 0 Å². The van der Waals surface area contributed by atoms with E-state index in [1.807, 2.05) is 30.3 Å². The quantitative estimate of drug-likeness (QED) is 0.432. The Hall–Kier alpha value is -3.60. The first-order valence-electron chi connectivity index (χ1n) is 8.42. The Morgan fingerprint density at radius 2 is 1.27 bits per heavy atom. The summed E-state index contributed by atoms with van der Waals surface area (Å²) < 4.78 is 0. The highest BCUT2D eigenvalue weighted by molar-refractivity contribution is 5.86. The first kappa shape index (κ1) is 14.7. The van der Waals surface area contributed by atoms with Crippen LogP contribution in [-0.4, -0.2) is 25.0 Å². The van der Waals surface area contributed by atoms with Crippen molar-refractivity contribution in [2.45, 2.75) is 6.92 Å². The molecule has 0 unspecified atom stereocenters. The number of aryl methyl sites for hydroxylation is 1. The minimum atomic E-state index is 0.243. The monoisotopic (exact) mass is 340 g/mol. The molecule has 0 aliphatic rings. The fourth-order valence-electron chi connectivity index (χ4n) is 3.17. The van der Waals surface area contributed by atoms with Crippen LogP contribution in [0.25, 0.3) is 44.8 Å². The van der Waals surface area contributed by atoms with Crippen molar-refractivity contribution >= 4 is 22.1 Å². The van der Waals surface area contributed by atoms with Crippen LogP contribution in [0.15, 0.2) is 60.7 Å². The minimum Gasteiger partial charge on any atom is -0.508 e. The standard InChI is InChI=1S/C21H16N4O/c1-12-2-8-16-18(10-12)24-21(23-16)14-5-9-17-19(11-14)25-20(22-17)13-3-6-15(26)7-4-13/h2-11,26H,1H3,(H,22,25)(H,23,24). The molecule has 0 aliphatic carbocycles. The Morgan fingerprint density at radius 1 is 0.692 bits per heavy atom. The van der Waals surface area contributed by atoms with Gasteiger partial charge in [0.25, 0.3) is 0 Å². The smallest absolute Gasteiger partial charge is 0.138 e. The number of nitrogens with zero attached hydrogens (tertiary/aromatic N) is 2. The molecule has 0 saturated heterocycles. The van der Waals surface area contributed by atoms with E-state index in [2.05, 4.69) is 45.1 Å². The van der Waals surface area contributed by atoms with Crippen LogP contribution in [0, 0.1) is 6.92 Å². The van der Waals surface area contributed by atoms with Gasteiger partial charge in [-0.25, -0.2) is 9.97 Å². The Kier molecular flexibility index (Phi) is 3.09. The first-order valence-corrected chi connectivity index (χ1v) is 8.42. The maximum Gasteiger partial charge on any atom is 0.138 e. The molecule has 126 valence electrons. The van der Waals surface area contributed by atoms with Crippen LogP contribution in [0.5, 0.6) is 5.75 Å². The predicted octanol–water partition coefficient (Wildman–Crippen LogP) is 4.79. The summed E-state index contributed by atoms with van der Waals surface area (Å²) in [4.78, 5) is 16.1. The summed E-state index contributed by atoms with van der Waals surface area (Å²) >= 11 is 0. The number of aromatic hydroxyl groups is 1. The molecule has 0 saturated carbocycles. The Labute approximate surface area is 149 Å². The van der Waals surface area contributed by atoms with Crippen LogP contribution in [0.2, 0.25) is 0 Å². The van der Waals surface area contributed by atoms with Gasteiger partial charge < -0.3 is 15.1 Å². The van der Waals surface area contributed by atoms with Gasteiger partial charge in [-0.3, -0.25) is 0 Å². The normalized spacial score (nSPS) is 11.4. The molecule has 2 aromatic heterocycles. The maximum atomic E-state index is 9.44. The van der Waals surface area contributed by atoms with Crippen LogP contribution in [0.1, 0.15) is 5.56 Å². The van der Waals surface area contributed by atoms with E-state index in [4.69, 9.17) is 0 Å². The number of imidazole rings is 2. The Bertz CT molecular complexity index is 1250. The molecule has 3 aromatic carbocycles. The van der Waals surface area contributed by atoms with E-state index in [-0.39, 0.29) is 5.75 Å². The van der Waals surface area contributed by atoms with Gasteiger partial charge in [-0.2, -0.15) is 0 Å². The summed E-state index contributed by atoms with van der Waals surface area (Å²) in [6, 6.07) is 19.3. The molecule has 5 rings (SSSR count). The number of phenols is 1. The fourth-order valence-corrected chi connectivity index (χ4v) is 3.17. The van der Waals surface area contributed by atoms with Crippen LogP contribution in [0.3, 0.4) is 0 Å². The van der Waals surface area contributed by atoms with Gasteiger partial charge in [0.2, 0.25) is 0 Å². The first-order chi connectivity index (χ1) is 12.7. The van der Waals surface area contributed by atoms with Crippen molar-refractivity contribution in [3.05, 3.63) is 66.2 Å². The summed E-state index contributed by atoms with van der Waals surface area (Å²) in [7, 11) is 0. The average molecular weight is 340 g/mol. The summed E-state index contributed by atoms with van der Waals surface area (Å²) in [5.74, 6) is 1.86. The number of aromatic amines is 2. The molecule has 5 nitrogen and oxygen atoms in total. The molecule has 5 heteroatoms. The van der Waals surface area contributed by atoms with Gasteiger partial charge in [-0.1, -0.05) is 6.07 Å². The molecule has 3 N–H and O–H groups in total. The Morgan fingerprint density at radius 3 is 2.00 bits per heavy atom. The molecule has 0 radical (unpaired) electrons. The molecule has 0 aliphatic heterocycles. The van der Waals surface area contributed by atoms with E-state index in [1.54, 1.807) is 12.1 Å². The van der Waals surface area contributed by atoms with Crippen molar-refractivity contribution in [3.8, 4) is 28.5 Å². The van der Waals surface area contributed by atoms with Crippen molar-refractivity contribution in [1.29, 1.82) is 0 Å². The zero-order valence-electron chi connectivity index (χ0n) is 14.1. The molecular weight excluding hydrogens is 324 g/mol. The van der Waals surface area contributed by atoms with E-state index in [0.29, 0.717) is 0 Å². The fraction of sp³-hybridized carbons (Fsp3) is 0.0476. The van der Waals surface area contributed by atoms with Crippen molar-refractivity contribution in [2.24, 2.45) is 0 Å². The molecule has 0 spiro atoms. The second-order valence-corrected chi connectivity index (χ2v) is 6.47. The number of nitrogens with one attached hydrogen (secondary N) is 2. The third-order valence-electron chi connectivity index (χ3n) is 4.53. The molecule has 2 heterocycles. The van der Waals surface area contributed by atoms with Gasteiger partial charge in [-0.05, 0) is 67.1 Å². The summed E-state index contributed by atoms with van der Waals surface area (Å²) in [5.41, 5.74) is 6.97. The SMILES string of the molecule is Cc1ccc2nc(-c3ccc4nc(-c5ccc(O)cc5)[nH]c4c3)[nH]c2c1. The number of aromatic nitrogens is 4. The van der Waals surface area contributed by atoms with Gasteiger partial charge in [-0.15, -0.1) is 0 Å². The lowest BCUT2D eigenvalue weighted by Crippen LogP contribution is -1.80. The van der Waals surface area contributed by atoms with E-state index >= 15 is 0 Å². The van der Waals surface area contributed by atoms with Gasteiger partial charge >= 0.3 is 0 Å². The number of hydrogen-bond acceptors (Lipinski definition) is 3. The minimum absolute atomic E-state index is 0.243. The average Bonchev–Trinajstić information content (AvgIpc) is 3.25. The van der Waals surface area contributed by atoms with Crippen LogP contribution in [0.4, 0.5) is 0 Å². The van der Waals surface area contributed by atoms with Crippen molar-refractivity contribution in [2.75, 3.05) is 0 Å². The maximum absolute atomic E-state index is 9.44. The summed E-state index contributed by atoms with van der Waals surface area (Å²) in [5, 5.41) is 9.44. The lowest BCUT2D eigenvalue weighted by molar-refractivity contribution is 0.475. The number of phenolic OH excluding ortho intramolecular Hbond substituents is 1. The third-order valence-corrected chi connectivity index (χ3v) is 4.53. The molecule has 5 aromatic rings. The predicted molar refractivity (Wildman–Crippen MR) is 103 cm³/mol. The highest BCUT2D eigenvalue weighted by atomic mass is 16.3. The number of benzene rings is 3. The second-order valence-electron chi connectivity index (χ2n) is 6.47.